The minimum Gasteiger partial charge on any atom is -0.486 e. The molecule has 0 bridgehead atoms. The van der Waals surface area contributed by atoms with Gasteiger partial charge in [-0.2, -0.15) is 13.2 Å². The molecule has 0 spiro atoms. The van der Waals surface area contributed by atoms with E-state index in [2.05, 4.69) is 0 Å². The molecular formula is C17H15ClF3NO4. The molecule has 1 aliphatic heterocycles. The van der Waals surface area contributed by atoms with Crippen LogP contribution < -0.4 is 9.47 Å². The minimum absolute atomic E-state index is 0.249. The molecule has 1 aromatic carbocycles. The van der Waals surface area contributed by atoms with Crippen LogP contribution in [0.3, 0.4) is 0 Å². The van der Waals surface area contributed by atoms with Gasteiger partial charge >= 0.3 is 6.18 Å². The van der Waals surface area contributed by atoms with Crippen molar-refractivity contribution in [1.82, 2.24) is 4.90 Å². The Morgan fingerprint density at radius 2 is 2.00 bits per heavy atom. The Bertz CT molecular complexity index is 777. The van der Waals surface area contributed by atoms with Crippen molar-refractivity contribution in [1.29, 1.82) is 0 Å². The third-order valence-electron chi connectivity index (χ3n) is 3.66. The normalized spacial score (nSPS) is 13.5. The largest absolute Gasteiger partial charge is 0.486 e. The number of halogens is 4. The van der Waals surface area contributed by atoms with Gasteiger partial charge in [-0.25, -0.2) is 0 Å². The van der Waals surface area contributed by atoms with Gasteiger partial charge in [0.15, 0.2) is 11.5 Å². The Kier molecular flexibility index (Phi) is 5.31. The first-order valence-corrected chi connectivity index (χ1v) is 8.14. The van der Waals surface area contributed by atoms with Gasteiger partial charge in [0.05, 0.1) is 24.3 Å². The molecule has 2 heterocycles. The number of benzene rings is 1. The molecule has 3 rings (SSSR count). The molecule has 140 valence electrons. The Labute approximate surface area is 152 Å². The zero-order chi connectivity index (χ0) is 18.7. The van der Waals surface area contributed by atoms with Crippen LogP contribution in [0.2, 0.25) is 5.02 Å². The summed E-state index contributed by atoms with van der Waals surface area (Å²) in [6, 6.07) is 6.10. The predicted octanol–water partition coefficient (Wildman–Crippen LogP) is 3.84. The van der Waals surface area contributed by atoms with E-state index in [-0.39, 0.29) is 23.7 Å². The highest BCUT2D eigenvalue weighted by Gasteiger charge is 2.33. The van der Waals surface area contributed by atoms with Crippen molar-refractivity contribution in [2.24, 2.45) is 0 Å². The number of furan rings is 1. The lowest BCUT2D eigenvalue weighted by Crippen LogP contribution is -2.39. The van der Waals surface area contributed by atoms with Gasteiger partial charge in [-0.05, 0) is 29.8 Å². The quantitative estimate of drug-likeness (QED) is 0.779. The highest BCUT2D eigenvalue weighted by atomic mass is 35.5. The molecule has 9 heteroatoms. The number of alkyl halides is 3. The molecule has 0 aliphatic carbocycles. The number of amides is 1. The fraction of sp³-hybridized carbons (Fsp3) is 0.353. The average molecular weight is 390 g/mol. The number of fused-ring (bicyclic) bond motifs is 1. The van der Waals surface area contributed by atoms with E-state index >= 15 is 0 Å². The topological polar surface area (TPSA) is 51.9 Å². The van der Waals surface area contributed by atoms with E-state index in [1.165, 1.54) is 18.4 Å². The Balaban J connectivity index is 1.77. The molecular weight excluding hydrogens is 375 g/mol. The van der Waals surface area contributed by atoms with Crippen LogP contribution in [0.15, 0.2) is 34.9 Å². The molecule has 2 aromatic rings. The highest BCUT2D eigenvalue weighted by molar-refractivity contribution is 6.32. The van der Waals surface area contributed by atoms with Crippen molar-refractivity contribution in [3.05, 3.63) is 46.9 Å². The number of ether oxygens (including phenoxy) is 2. The van der Waals surface area contributed by atoms with Crippen molar-refractivity contribution in [2.45, 2.75) is 19.1 Å². The lowest BCUT2D eigenvalue weighted by molar-refractivity contribution is -0.162. The van der Waals surface area contributed by atoms with E-state index in [1.54, 1.807) is 12.1 Å². The second-order valence-electron chi connectivity index (χ2n) is 5.72. The highest BCUT2D eigenvalue weighted by Crippen LogP contribution is 2.38. The molecule has 1 aromatic heterocycles. The first-order valence-electron chi connectivity index (χ1n) is 7.77. The summed E-state index contributed by atoms with van der Waals surface area (Å²) in [7, 11) is 0. The number of rotatable bonds is 5. The van der Waals surface area contributed by atoms with Crippen LogP contribution in [0.5, 0.6) is 11.5 Å². The smallest absolute Gasteiger partial charge is 0.406 e. The molecule has 0 fully saturated rings. The SMILES string of the molecule is O=C(Cc1cc(Cl)c2c(c1)OCCO2)N(Cc1ccco1)CC(F)(F)F. The summed E-state index contributed by atoms with van der Waals surface area (Å²) in [6.45, 7) is -0.957. The van der Waals surface area contributed by atoms with Gasteiger partial charge in [0, 0.05) is 0 Å². The van der Waals surface area contributed by atoms with E-state index < -0.39 is 18.6 Å². The molecule has 1 aliphatic rings. The molecule has 0 atom stereocenters. The third-order valence-corrected chi connectivity index (χ3v) is 3.94. The molecule has 26 heavy (non-hydrogen) atoms. The molecule has 0 saturated carbocycles. The second kappa shape index (κ2) is 7.49. The zero-order valence-corrected chi connectivity index (χ0v) is 14.3. The van der Waals surface area contributed by atoms with Crippen molar-refractivity contribution in [3.8, 4) is 11.5 Å². The van der Waals surface area contributed by atoms with Crippen LogP contribution in [-0.2, 0) is 17.8 Å². The van der Waals surface area contributed by atoms with Crippen LogP contribution in [0.25, 0.3) is 0 Å². The number of hydrogen-bond donors (Lipinski definition) is 0. The van der Waals surface area contributed by atoms with Crippen molar-refractivity contribution < 1.29 is 31.9 Å². The first kappa shape index (κ1) is 18.4. The zero-order valence-electron chi connectivity index (χ0n) is 13.5. The molecule has 1 amide bonds. The van der Waals surface area contributed by atoms with Gasteiger partial charge in [-0.3, -0.25) is 4.79 Å². The van der Waals surface area contributed by atoms with E-state index in [1.807, 2.05) is 0 Å². The van der Waals surface area contributed by atoms with Crippen molar-refractivity contribution >= 4 is 17.5 Å². The van der Waals surface area contributed by atoms with Crippen LogP contribution in [-0.4, -0.2) is 36.7 Å². The van der Waals surface area contributed by atoms with E-state index in [4.69, 9.17) is 25.5 Å². The van der Waals surface area contributed by atoms with Gasteiger partial charge < -0.3 is 18.8 Å². The average Bonchev–Trinajstić information content (AvgIpc) is 3.06. The van der Waals surface area contributed by atoms with Crippen molar-refractivity contribution in [2.75, 3.05) is 19.8 Å². The number of hydrogen-bond acceptors (Lipinski definition) is 4. The van der Waals surface area contributed by atoms with Gasteiger partial charge in [0.25, 0.3) is 0 Å². The Morgan fingerprint density at radius 1 is 1.23 bits per heavy atom. The van der Waals surface area contributed by atoms with Crippen LogP contribution in [0.4, 0.5) is 13.2 Å². The summed E-state index contributed by atoms with van der Waals surface area (Å²) < 4.78 is 54.4. The maximum atomic E-state index is 12.8. The Hall–Kier alpha value is -2.35. The van der Waals surface area contributed by atoms with Crippen LogP contribution in [0, 0.1) is 0 Å². The standard InChI is InChI=1S/C17H15ClF3NO4/c18-13-6-11(7-14-16(13)26-5-4-25-14)8-15(23)22(10-17(19,20)21)9-12-2-1-3-24-12/h1-3,6-7H,4-5,8-10H2. The monoisotopic (exact) mass is 389 g/mol. The number of carbonyl (C=O) groups excluding carboxylic acids is 1. The Morgan fingerprint density at radius 3 is 2.69 bits per heavy atom. The van der Waals surface area contributed by atoms with E-state index in [0.29, 0.717) is 35.2 Å². The lowest BCUT2D eigenvalue weighted by Gasteiger charge is -2.24. The maximum absolute atomic E-state index is 12.8. The van der Waals surface area contributed by atoms with Crippen LogP contribution in [0.1, 0.15) is 11.3 Å². The van der Waals surface area contributed by atoms with Crippen molar-refractivity contribution in [3.63, 3.8) is 0 Å². The number of nitrogens with zero attached hydrogens (tertiary/aromatic N) is 1. The predicted molar refractivity (Wildman–Crippen MR) is 86.3 cm³/mol. The number of carbonyl (C=O) groups is 1. The molecule has 0 saturated heterocycles. The summed E-state index contributed by atoms with van der Waals surface area (Å²) >= 11 is 6.11. The second-order valence-corrected chi connectivity index (χ2v) is 6.13. The van der Waals surface area contributed by atoms with Gasteiger partial charge in [-0.1, -0.05) is 11.6 Å². The summed E-state index contributed by atoms with van der Waals surface area (Å²) in [5, 5.41) is 0.249. The fourth-order valence-electron chi connectivity index (χ4n) is 2.59. The molecule has 0 unspecified atom stereocenters. The summed E-state index contributed by atoms with van der Waals surface area (Å²) in [4.78, 5) is 13.2. The molecule has 0 N–H and O–H groups in total. The summed E-state index contributed by atoms with van der Waals surface area (Å²) in [5.74, 6) is 0.311. The van der Waals surface area contributed by atoms with Gasteiger partial charge in [0.1, 0.15) is 25.5 Å². The third kappa shape index (κ3) is 4.63. The van der Waals surface area contributed by atoms with Gasteiger partial charge in [-0.15, -0.1) is 0 Å². The lowest BCUT2D eigenvalue weighted by atomic mass is 10.1. The minimum atomic E-state index is -4.52. The fourth-order valence-corrected chi connectivity index (χ4v) is 2.88. The summed E-state index contributed by atoms with van der Waals surface area (Å²) in [5.41, 5.74) is 0.441. The van der Waals surface area contributed by atoms with Crippen LogP contribution >= 0.6 is 11.6 Å². The van der Waals surface area contributed by atoms with E-state index in [9.17, 15) is 18.0 Å². The molecule has 0 radical (unpaired) electrons. The first-order chi connectivity index (χ1) is 12.3. The van der Waals surface area contributed by atoms with E-state index in [0.717, 1.165) is 0 Å². The molecule has 5 nitrogen and oxygen atoms in total. The summed E-state index contributed by atoms with van der Waals surface area (Å²) in [6.07, 6.45) is -3.44. The maximum Gasteiger partial charge on any atom is 0.406 e. The van der Waals surface area contributed by atoms with Gasteiger partial charge in [0.2, 0.25) is 5.91 Å².